The van der Waals surface area contributed by atoms with E-state index >= 15 is 0 Å². The summed E-state index contributed by atoms with van der Waals surface area (Å²) >= 11 is 0. The Kier molecular flexibility index (Phi) is 25.9. The molecule has 3 saturated heterocycles. The molecule has 17 unspecified atom stereocenters. The van der Waals surface area contributed by atoms with Crippen molar-refractivity contribution in [2.45, 2.75) is 202 Å². The fourth-order valence-electron chi connectivity index (χ4n) is 7.44. The highest BCUT2D eigenvalue weighted by Gasteiger charge is 2.53. The number of hydrogen-bond donors (Lipinski definition) is 12. The summed E-state index contributed by atoms with van der Waals surface area (Å²) in [5.74, 6) is -0.286. The third-order valence-corrected chi connectivity index (χ3v) is 11.2. The third kappa shape index (κ3) is 16.8. The lowest BCUT2D eigenvalue weighted by Crippen LogP contribution is -2.66. The summed E-state index contributed by atoms with van der Waals surface area (Å²) in [6.45, 7) is 1.43. The maximum Gasteiger partial charge on any atom is 0.220 e. The molecular weight excluding hydrogens is 818 g/mol. The highest BCUT2D eigenvalue weighted by atomic mass is 16.8. The van der Waals surface area contributed by atoms with Crippen molar-refractivity contribution >= 4 is 5.91 Å². The molecule has 12 N–H and O–H groups in total. The number of hydrogen-bond acceptors (Lipinski definition) is 18. The Labute approximate surface area is 364 Å². The standard InChI is InChI=1S/C43H75NO18/c1-3-5-7-9-10-11-12-13-14-15-16-17-19-21-31(49)44-26(27(48)20-18-8-6-4-2)25-57-41-37(55)34(52)39(29(23-46)59-41)62-43-38(56)35(53)40(30(24-47)60-43)61-42-36(54)33(51)32(50)28(22-45)58-42/h5,7,10-11,13-14,26-30,32-43,45-48,50-56H,3-4,6,8-9,12,15-25H2,1-2H3,(H,44,49)/b7-5-,11-10-,14-13-. The van der Waals surface area contributed by atoms with Crippen LogP contribution in [-0.4, -0.2) is 193 Å². The molecule has 0 aromatic heterocycles. The first-order valence-corrected chi connectivity index (χ1v) is 22.2. The second-order valence-corrected chi connectivity index (χ2v) is 16.1. The van der Waals surface area contributed by atoms with Crippen LogP contribution in [0, 0.1) is 0 Å². The fourth-order valence-corrected chi connectivity index (χ4v) is 7.44. The van der Waals surface area contributed by atoms with Gasteiger partial charge in [0.15, 0.2) is 18.9 Å². The molecule has 17 atom stereocenters. The van der Waals surface area contributed by atoms with Crippen LogP contribution in [0.5, 0.6) is 0 Å². The molecule has 360 valence electrons. The number of nitrogens with one attached hydrogen (secondary N) is 1. The Morgan fingerprint density at radius 1 is 0.597 bits per heavy atom. The summed E-state index contributed by atoms with van der Waals surface area (Å²) in [7, 11) is 0. The molecule has 0 aromatic rings. The Morgan fingerprint density at radius 3 is 1.69 bits per heavy atom. The van der Waals surface area contributed by atoms with Crippen LogP contribution in [-0.2, 0) is 33.2 Å². The van der Waals surface area contributed by atoms with E-state index in [4.69, 9.17) is 28.4 Å². The predicted octanol–water partition coefficient (Wildman–Crippen LogP) is -0.923. The van der Waals surface area contributed by atoms with Crippen LogP contribution in [0.4, 0.5) is 0 Å². The molecule has 19 nitrogen and oxygen atoms in total. The van der Waals surface area contributed by atoms with E-state index in [0.29, 0.717) is 19.3 Å². The van der Waals surface area contributed by atoms with Gasteiger partial charge in [0.2, 0.25) is 5.91 Å². The summed E-state index contributed by atoms with van der Waals surface area (Å²) in [5, 5.41) is 119. The van der Waals surface area contributed by atoms with E-state index in [2.05, 4.69) is 55.6 Å². The van der Waals surface area contributed by atoms with Crippen molar-refractivity contribution in [1.82, 2.24) is 5.32 Å². The second-order valence-electron chi connectivity index (χ2n) is 16.1. The molecule has 0 aromatic carbocycles. The first kappa shape index (κ1) is 54.3. The van der Waals surface area contributed by atoms with Crippen LogP contribution >= 0.6 is 0 Å². The number of aliphatic hydroxyl groups is 11. The van der Waals surface area contributed by atoms with Crippen molar-refractivity contribution in [2.75, 3.05) is 26.4 Å². The molecule has 0 bridgehead atoms. The normalized spacial score (nSPS) is 35.5. The smallest absolute Gasteiger partial charge is 0.220 e. The summed E-state index contributed by atoms with van der Waals surface area (Å²) in [4.78, 5) is 13.0. The fraction of sp³-hybridized carbons (Fsp3) is 0.837. The van der Waals surface area contributed by atoms with Gasteiger partial charge in [0, 0.05) is 6.42 Å². The minimum atomic E-state index is -1.97. The Bertz CT molecular complexity index is 1300. The van der Waals surface area contributed by atoms with Gasteiger partial charge in [0.05, 0.1) is 38.6 Å². The number of aliphatic hydroxyl groups excluding tert-OH is 11. The van der Waals surface area contributed by atoms with E-state index in [1.54, 1.807) is 0 Å². The lowest BCUT2D eigenvalue weighted by molar-refractivity contribution is -0.379. The van der Waals surface area contributed by atoms with Crippen molar-refractivity contribution in [3.8, 4) is 0 Å². The molecule has 3 aliphatic rings. The van der Waals surface area contributed by atoms with E-state index in [9.17, 15) is 61.0 Å². The highest BCUT2D eigenvalue weighted by molar-refractivity contribution is 5.76. The molecule has 3 heterocycles. The Hall–Kier alpha value is -1.99. The maximum absolute atomic E-state index is 13.0. The first-order chi connectivity index (χ1) is 29.8. The van der Waals surface area contributed by atoms with Gasteiger partial charge in [-0.2, -0.15) is 0 Å². The largest absolute Gasteiger partial charge is 0.394 e. The third-order valence-electron chi connectivity index (χ3n) is 11.2. The average molecular weight is 894 g/mol. The van der Waals surface area contributed by atoms with Crippen LogP contribution in [0.2, 0.25) is 0 Å². The van der Waals surface area contributed by atoms with Gasteiger partial charge in [-0.25, -0.2) is 0 Å². The SMILES string of the molecule is CC/C=C\C/C=C\C/C=C\CCCCCC(=O)NC(COC1OC(CO)C(OC2OC(CO)C(OC3OC(CO)C(O)C(O)C3O)C(O)C2O)C(O)C1O)C(O)CCCCCC. The number of rotatable bonds is 28. The summed E-state index contributed by atoms with van der Waals surface area (Å²) < 4.78 is 33.9. The van der Waals surface area contributed by atoms with E-state index in [-0.39, 0.29) is 18.9 Å². The van der Waals surface area contributed by atoms with Crippen molar-refractivity contribution in [3.05, 3.63) is 36.5 Å². The van der Waals surface area contributed by atoms with Gasteiger partial charge in [-0.15, -0.1) is 0 Å². The van der Waals surface area contributed by atoms with Crippen molar-refractivity contribution < 1.29 is 89.4 Å². The summed E-state index contributed by atoms with van der Waals surface area (Å²) in [6, 6.07) is -0.895. The average Bonchev–Trinajstić information content (AvgIpc) is 3.27. The number of amides is 1. The van der Waals surface area contributed by atoms with Crippen LogP contribution in [0.15, 0.2) is 36.5 Å². The van der Waals surface area contributed by atoms with Crippen LogP contribution in [0.25, 0.3) is 0 Å². The second kappa shape index (κ2) is 29.5. The molecule has 3 fully saturated rings. The Balaban J connectivity index is 1.56. The monoisotopic (exact) mass is 893 g/mol. The number of carbonyl (C=O) groups excluding carboxylic acids is 1. The minimum absolute atomic E-state index is 0.227. The van der Waals surface area contributed by atoms with Gasteiger partial charge in [0.25, 0.3) is 0 Å². The lowest BCUT2D eigenvalue weighted by atomic mass is 9.96. The quantitative estimate of drug-likeness (QED) is 0.0334. The van der Waals surface area contributed by atoms with E-state index in [1.807, 2.05) is 0 Å². The zero-order chi connectivity index (χ0) is 45.6. The van der Waals surface area contributed by atoms with Crippen LogP contribution < -0.4 is 5.32 Å². The maximum atomic E-state index is 13.0. The zero-order valence-electron chi connectivity index (χ0n) is 36.1. The number of unbranched alkanes of at least 4 members (excludes halogenated alkanes) is 6. The number of ether oxygens (including phenoxy) is 6. The molecule has 1 amide bonds. The summed E-state index contributed by atoms with van der Waals surface area (Å²) in [6.07, 6.45) is -3.46. The first-order valence-electron chi connectivity index (χ1n) is 22.2. The van der Waals surface area contributed by atoms with Gasteiger partial charge in [-0.3, -0.25) is 4.79 Å². The molecule has 0 aliphatic carbocycles. The molecule has 3 aliphatic heterocycles. The van der Waals surface area contributed by atoms with Gasteiger partial charge < -0.3 is 89.9 Å². The van der Waals surface area contributed by atoms with Crippen molar-refractivity contribution in [1.29, 1.82) is 0 Å². The number of carbonyl (C=O) groups is 1. The van der Waals surface area contributed by atoms with E-state index in [0.717, 1.165) is 57.8 Å². The van der Waals surface area contributed by atoms with Gasteiger partial charge >= 0.3 is 0 Å². The Morgan fingerprint density at radius 2 is 1.11 bits per heavy atom. The van der Waals surface area contributed by atoms with Crippen molar-refractivity contribution in [3.63, 3.8) is 0 Å². The highest BCUT2D eigenvalue weighted by Crippen LogP contribution is 2.33. The number of allylic oxidation sites excluding steroid dienone is 6. The molecule has 3 rings (SSSR count). The minimum Gasteiger partial charge on any atom is -0.394 e. The predicted molar refractivity (Wildman–Crippen MR) is 222 cm³/mol. The van der Waals surface area contributed by atoms with E-state index in [1.165, 1.54) is 0 Å². The van der Waals surface area contributed by atoms with E-state index < -0.39 is 124 Å². The molecule has 0 radical (unpaired) electrons. The zero-order valence-corrected chi connectivity index (χ0v) is 36.1. The molecule has 0 spiro atoms. The summed E-state index contributed by atoms with van der Waals surface area (Å²) in [5.41, 5.74) is 0. The molecule has 62 heavy (non-hydrogen) atoms. The molecule has 19 heteroatoms. The van der Waals surface area contributed by atoms with Crippen LogP contribution in [0.3, 0.4) is 0 Å². The van der Waals surface area contributed by atoms with Crippen molar-refractivity contribution in [2.24, 2.45) is 0 Å². The van der Waals surface area contributed by atoms with Crippen LogP contribution in [0.1, 0.15) is 97.3 Å². The lowest BCUT2D eigenvalue weighted by Gasteiger charge is -2.48. The van der Waals surface area contributed by atoms with Gasteiger partial charge in [-0.05, 0) is 44.9 Å². The van der Waals surface area contributed by atoms with Gasteiger partial charge in [0.1, 0.15) is 73.2 Å². The topological polar surface area (TPSA) is 307 Å². The molecule has 0 saturated carbocycles. The molecular formula is C43H75NO18. The van der Waals surface area contributed by atoms with Gasteiger partial charge in [-0.1, -0.05) is 82.4 Å².